The molecule has 1 aromatic rings. The number of aromatic hydroxyl groups is 1. The smallest absolute Gasteiger partial charge is 0.417 e. The van der Waals surface area contributed by atoms with Gasteiger partial charge >= 0.3 is 6.18 Å². The first-order chi connectivity index (χ1) is 20.8. The van der Waals surface area contributed by atoms with Crippen LogP contribution >= 0.6 is 0 Å². The number of amides is 1. The molecule has 6 N–H and O–H groups in total. The Kier molecular flexibility index (Phi) is 8.15. The van der Waals surface area contributed by atoms with Gasteiger partial charge in [0.25, 0.3) is 5.91 Å². The van der Waals surface area contributed by atoms with Crippen molar-refractivity contribution in [3.8, 4) is 5.75 Å². The van der Waals surface area contributed by atoms with Crippen LogP contribution in [0.1, 0.15) is 67.1 Å². The van der Waals surface area contributed by atoms with E-state index in [-0.39, 0.29) is 30.5 Å². The molecule has 0 spiro atoms. The molecule has 0 aliphatic heterocycles. The van der Waals surface area contributed by atoms with Crippen LogP contribution in [-0.2, 0) is 28.7 Å². The number of Topliss-reactive ketones (excluding diaryl/α,β-unsaturated/α-hetero) is 2. The van der Waals surface area contributed by atoms with Gasteiger partial charge in [0.15, 0.2) is 11.4 Å². The molecule has 246 valence electrons. The topological polar surface area (TPSA) is 165 Å². The largest absolute Gasteiger partial charge is 0.510 e. The van der Waals surface area contributed by atoms with Crippen molar-refractivity contribution in [1.82, 2.24) is 9.80 Å². The second-order valence-corrected chi connectivity index (χ2v) is 13.6. The van der Waals surface area contributed by atoms with Gasteiger partial charge in [-0.3, -0.25) is 24.2 Å². The van der Waals surface area contributed by atoms with Crippen molar-refractivity contribution in [3.63, 3.8) is 0 Å². The van der Waals surface area contributed by atoms with Crippen molar-refractivity contribution in [2.45, 2.75) is 76.9 Å². The van der Waals surface area contributed by atoms with E-state index in [0.29, 0.717) is 12.5 Å². The van der Waals surface area contributed by atoms with Crippen LogP contribution in [0.2, 0.25) is 0 Å². The first-order valence-corrected chi connectivity index (χ1v) is 15.2. The standard InChI is InChI=1S/C32H40F3N3O7/c1-13(2)14(3)38(11-15-6-7-15)12-17-10-20(39)22-18(24(17)32(33,34)35)8-16-9-19-25(37(4)5)27(41)23(30(36)44)29(43)31(19,45)28(42)21(16)26(22)40/h10,13-16,19,25,39,41-42,45H,6-9,11-12H2,1-5H3,(H2,36,44)/t14-,16+,19+,25+,31+/m1/s1. The molecule has 1 aromatic carbocycles. The number of ketones is 2. The maximum absolute atomic E-state index is 15.0. The molecule has 13 heteroatoms. The van der Waals surface area contributed by atoms with Gasteiger partial charge in [0.1, 0.15) is 22.8 Å². The number of carbonyl (C=O) groups excluding carboxylic acids is 3. The lowest BCUT2D eigenvalue weighted by Gasteiger charge is -2.50. The number of hydrogen-bond donors (Lipinski definition) is 5. The fourth-order valence-corrected chi connectivity index (χ4v) is 7.52. The van der Waals surface area contributed by atoms with E-state index in [1.165, 1.54) is 19.0 Å². The van der Waals surface area contributed by atoms with Crippen molar-refractivity contribution in [2.24, 2.45) is 29.4 Å². The van der Waals surface area contributed by atoms with Crippen LogP contribution in [0.5, 0.6) is 5.75 Å². The van der Waals surface area contributed by atoms with Crippen LogP contribution in [0.4, 0.5) is 13.2 Å². The molecule has 0 heterocycles. The van der Waals surface area contributed by atoms with Crippen LogP contribution in [0.25, 0.3) is 0 Å². The van der Waals surface area contributed by atoms with Crippen LogP contribution in [-0.4, -0.2) is 86.0 Å². The number of halogens is 3. The summed E-state index contributed by atoms with van der Waals surface area (Å²) >= 11 is 0. The third kappa shape index (κ3) is 5.22. The summed E-state index contributed by atoms with van der Waals surface area (Å²) in [6.45, 7) is 6.41. The van der Waals surface area contributed by atoms with E-state index in [9.17, 15) is 48.0 Å². The molecule has 1 amide bonds. The molecule has 10 nitrogen and oxygen atoms in total. The Labute approximate surface area is 259 Å². The van der Waals surface area contributed by atoms with Gasteiger partial charge in [-0.05, 0) is 81.6 Å². The summed E-state index contributed by atoms with van der Waals surface area (Å²) in [7, 11) is 2.95. The first-order valence-electron chi connectivity index (χ1n) is 15.2. The number of aliphatic hydroxyl groups is 3. The average Bonchev–Trinajstić information content (AvgIpc) is 3.72. The number of rotatable bonds is 8. The van der Waals surface area contributed by atoms with Gasteiger partial charge in [0, 0.05) is 30.6 Å². The van der Waals surface area contributed by atoms with Crippen molar-refractivity contribution in [2.75, 3.05) is 20.6 Å². The Morgan fingerprint density at radius 1 is 1.13 bits per heavy atom. The molecule has 0 radical (unpaired) electrons. The zero-order valence-electron chi connectivity index (χ0n) is 25.9. The highest BCUT2D eigenvalue weighted by atomic mass is 19.4. The number of nitrogens with zero attached hydrogens (tertiary/aromatic N) is 2. The number of benzene rings is 1. The van der Waals surface area contributed by atoms with Crippen molar-refractivity contribution >= 4 is 17.5 Å². The molecular weight excluding hydrogens is 595 g/mol. The molecule has 5 atom stereocenters. The quantitative estimate of drug-likeness (QED) is 0.269. The van der Waals surface area contributed by atoms with Gasteiger partial charge in [-0.15, -0.1) is 0 Å². The van der Waals surface area contributed by atoms with Gasteiger partial charge < -0.3 is 26.2 Å². The normalized spacial score (nSPS) is 27.7. The van der Waals surface area contributed by atoms with Crippen LogP contribution in [0.15, 0.2) is 28.7 Å². The number of likely N-dealkylation sites (N-methyl/N-ethyl adjacent to an activating group) is 1. The number of alkyl halides is 3. The summed E-state index contributed by atoms with van der Waals surface area (Å²) in [5.74, 6) is -8.43. The maximum Gasteiger partial charge on any atom is 0.417 e. The Bertz CT molecular complexity index is 1530. The number of fused-ring (bicyclic) bond motifs is 3. The van der Waals surface area contributed by atoms with Crippen molar-refractivity contribution in [1.29, 1.82) is 0 Å². The van der Waals surface area contributed by atoms with E-state index in [0.717, 1.165) is 18.9 Å². The second-order valence-electron chi connectivity index (χ2n) is 13.6. The maximum atomic E-state index is 15.0. The lowest BCUT2D eigenvalue weighted by molar-refractivity contribution is -0.148. The minimum atomic E-state index is -4.90. The number of primary amides is 1. The number of phenolic OH excluding ortho intramolecular Hbond substituents is 1. The van der Waals surface area contributed by atoms with Gasteiger partial charge in [0.05, 0.1) is 17.2 Å². The van der Waals surface area contributed by atoms with E-state index < -0.39 is 98.7 Å². The predicted octanol–water partition coefficient (Wildman–Crippen LogP) is 3.40. The van der Waals surface area contributed by atoms with Crippen LogP contribution in [0.3, 0.4) is 0 Å². The van der Waals surface area contributed by atoms with E-state index in [1.54, 1.807) is 0 Å². The Balaban J connectivity index is 1.67. The summed E-state index contributed by atoms with van der Waals surface area (Å²) < 4.78 is 44.9. The average molecular weight is 636 g/mol. The number of hydrogen-bond acceptors (Lipinski definition) is 9. The number of aliphatic hydroxyl groups excluding tert-OH is 2. The lowest BCUT2D eigenvalue weighted by atomic mass is 9.58. The highest BCUT2D eigenvalue weighted by Gasteiger charge is 2.63. The second kappa shape index (κ2) is 11.1. The summed E-state index contributed by atoms with van der Waals surface area (Å²) in [6, 6.07) is -0.359. The highest BCUT2D eigenvalue weighted by Crippen LogP contribution is 2.54. The van der Waals surface area contributed by atoms with Gasteiger partial charge in [-0.25, -0.2) is 0 Å². The number of nitrogens with two attached hydrogens (primary N) is 1. The molecule has 4 aliphatic rings. The third-order valence-corrected chi connectivity index (χ3v) is 10.2. The van der Waals surface area contributed by atoms with E-state index >= 15 is 0 Å². The fourth-order valence-electron chi connectivity index (χ4n) is 7.52. The SMILES string of the molecule is CC(C)[C@@H](C)N(Cc1cc(O)c2c(c1C(F)(F)F)C[C@H]1C[C@H]3[C@H](N(C)C)C(O)=C(C(N)=O)C(=O)[C@@]3(O)C(O)=C1C2=O)CC1CC1. The molecule has 5 rings (SSSR count). The van der Waals surface area contributed by atoms with Gasteiger partial charge in [-0.2, -0.15) is 13.2 Å². The molecule has 0 saturated heterocycles. The predicted molar refractivity (Wildman–Crippen MR) is 156 cm³/mol. The Hall–Kier alpha value is -3.42. The van der Waals surface area contributed by atoms with Crippen molar-refractivity contribution in [3.05, 3.63) is 51.0 Å². The molecule has 45 heavy (non-hydrogen) atoms. The Morgan fingerprint density at radius 3 is 2.27 bits per heavy atom. The molecule has 0 aromatic heterocycles. The molecule has 1 saturated carbocycles. The fraction of sp³-hybridized carbons (Fsp3) is 0.594. The number of allylic oxidation sites excluding steroid dienone is 1. The molecule has 1 fully saturated rings. The minimum Gasteiger partial charge on any atom is -0.510 e. The Morgan fingerprint density at radius 2 is 1.76 bits per heavy atom. The summed E-state index contributed by atoms with van der Waals surface area (Å²) in [6.07, 6.45) is -3.65. The summed E-state index contributed by atoms with van der Waals surface area (Å²) in [4.78, 5) is 42.9. The van der Waals surface area contributed by atoms with Gasteiger partial charge in [0.2, 0.25) is 5.78 Å². The van der Waals surface area contributed by atoms with Gasteiger partial charge in [-0.1, -0.05) is 13.8 Å². The molecule has 4 aliphatic carbocycles. The summed E-state index contributed by atoms with van der Waals surface area (Å²) in [5.41, 5.74) is -1.27. The number of phenols is 1. The van der Waals surface area contributed by atoms with Crippen LogP contribution < -0.4 is 5.73 Å². The summed E-state index contributed by atoms with van der Waals surface area (Å²) in [5, 5.41) is 45.1. The third-order valence-electron chi connectivity index (χ3n) is 10.2. The zero-order chi connectivity index (χ0) is 33.5. The van der Waals surface area contributed by atoms with E-state index in [2.05, 4.69) is 0 Å². The monoisotopic (exact) mass is 635 g/mol. The zero-order valence-corrected chi connectivity index (χ0v) is 25.9. The number of carbonyl (C=O) groups is 3. The van der Waals surface area contributed by atoms with E-state index in [4.69, 9.17) is 5.73 Å². The minimum absolute atomic E-state index is 0.0631. The molecule has 0 bridgehead atoms. The highest BCUT2D eigenvalue weighted by molar-refractivity contribution is 6.24. The van der Waals surface area contributed by atoms with Crippen molar-refractivity contribution < 1.29 is 48.0 Å². The lowest BCUT2D eigenvalue weighted by Crippen LogP contribution is -2.63. The molecule has 0 unspecified atom stereocenters. The van der Waals surface area contributed by atoms with Crippen LogP contribution in [0, 0.1) is 23.7 Å². The van der Waals surface area contributed by atoms with E-state index in [1.807, 2.05) is 25.7 Å². The molecular formula is C32H40F3N3O7. The first kappa shape index (κ1) is 33.0.